The molecule has 0 aromatic carbocycles. The molecule has 0 aliphatic carbocycles. The summed E-state index contributed by atoms with van der Waals surface area (Å²) in [5, 5.41) is 2.62. The van der Waals surface area contributed by atoms with Gasteiger partial charge in [0.25, 0.3) is 0 Å². The molecule has 5 heteroatoms. The van der Waals surface area contributed by atoms with Crippen molar-refractivity contribution < 1.29 is 14.3 Å². The van der Waals surface area contributed by atoms with E-state index in [1.54, 1.807) is 32.6 Å². The van der Waals surface area contributed by atoms with Crippen molar-refractivity contribution in [3.05, 3.63) is 0 Å². The van der Waals surface area contributed by atoms with Crippen molar-refractivity contribution in [1.29, 1.82) is 0 Å². The summed E-state index contributed by atoms with van der Waals surface area (Å²) in [6.07, 6.45) is 0. The van der Waals surface area contributed by atoms with Crippen LogP contribution >= 0.6 is 0 Å². The van der Waals surface area contributed by atoms with Gasteiger partial charge in [-0.15, -0.1) is 0 Å². The summed E-state index contributed by atoms with van der Waals surface area (Å²) in [5.74, 6) is -0.419. The van der Waals surface area contributed by atoms with Crippen LogP contribution in [0.25, 0.3) is 0 Å². The van der Waals surface area contributed by atoms with Gasteiger partial charge in [-0.2, -0.15) is 0 Å². The van der Waals surface area contributed by atoms with Crippen molar-refractivity contribution in [3.63, 3.8) is 0 Å². The van der Waals surface area contributed by atoms with E-state index in [-0.39, 0.29) is 6.03 Å². The number of hydrogen-bond acceptors (Lipinski definition) is 3. The van der Waals surface area contributed by atoms with Crippen LogP contribution < -0.4 is 5.32 Å². The standard InChI is InChI=1S/C12H24N2O3/c1-7-14(8-2)11(16)13-9(3)10(15)17-12(4,5)6/h9H,7-8H2,1-6H3,(H,13,16). The lowest BCUT2D eigenvalue weighted by molar-refractivity contribution is -0.156. The molecule has 0 fully saturated rings. The topological polar surface area (TPSA) is 58.6 Å². The molecule has 0 heterocycles. The highest BCUT2D eigenvalue weighted by Crippen LogP contribution is 2.08. The summed E-state index contributed by atoms with van der Waals surface area (Å²) in [4.78, 5) is 24.9. The summed E-state index contributed by atoms with van der Waals surface area (Å²) in [6, 6.07) is -0.879. The van der Waals surface area contributed by atoms with Crippen molar-refractivity contribution in [1.82, 2.24) is 10.2 Å². The van der Waals surface area contributed by atoms with Crippen LogP contribution in [0.3, 0.4) is 0 Å². The predicted molar refractivity (Wildman–Crippen MR) is 66.8 cm³/mol. The van der Waals surface area contributed by atoms with Crippen LogP contribution in [0.4, 0.5) is 4.79 Å². The van der Waals surface area contributed by atoms with Gasteiger partial charge >= 0.3 is 12.0 Å². The van der Waals surface area contributed by atoms with Crippen LogP contribution in [-0.2, 0) is 9.53 Å². The van der Waals surface area contributed by atoms with E-state index in [0.717, 1.165) is 0 Å². The highest BCUT2D eigenvalue weighted by Gasteiger charge is 2.23. The first-order chi connectivity index (χ1) is 7.71. The summed E-state index contributed by atoms with van der Waals surface area (Å²) < 4.78 is 5.18. The molecule has 100 valence electrons. The predicted octanol–water partition coefficient (Wildman–Crippen LogP) is 1.77. The van der Waals surface area contributed by atoms with Gasteiger partial charge in [-0.3, -0.25) is 0 Å². The second kappa shape index (κ2) is 6.47. The molecule has 1 unspecified atom stereocenters. The van der Waals surface area contributed by atoms with E-state index in [2.05, 4.69) is 5.32 Å². The molecular formula is C12H24N2O3. The Morgan fingerprint density at radius 1 is 1.24 bits per heavy atom. The van der Waals surface area contributed by atoms with Crippen LogP contribution in [0.15, 0.2) is 0 Å². The number of carbonyl (C=O) groups is 2. The molecule has 0 saturated heterocycles. The van der Waals surface area contributed by atoms with E-state index in [4.69, 9.17) is 4.74 Å². The number of nitrogens with zero attached hydrogens (tertiary/aromatic N) is 1. The Bertz CT molecular complexity index is 267. The Labute approximate surface area is 103 Å². The van der Waals surface area contributed by atoms with Gasteiger partial charge in [0.1, 0.15) is 11.6 Å². The minimum atomic E-state index is -0.637. The van der Waals surface area contributed by atoms with Crippen molar-refractivity contribution in [3.8, 4) is 0 Å². The minimum absolute atomic E-state index is 0.242. The summed E-state index contributed by atoms with van der Waals surface area (Å²) in [7, 11) is 0. The van der Waals surface area contributed by atoms with E-state index in [1.807, 2.05) is 13.8 Å². The minimum Gasteiger partial charge on any atom is -0.458 e. The smallest absolute Gasteiger partial charge is 0.328 e. The molecule has 0 aliphatic rings. The molecular weight excluding hydrogens is 220 g/mol. The average molecular weight is 244 g/mol. The zero-order valence-corrected chi connectivity index (χ0v) is 11.7. The van der Waals surface area contributed by atoms with Crippen molar-refractivity contribution >= 4 is 12.0 Å². The molecule has 0 radical (unpaired) electrons. The van der Waals surface area contributed by atoms with E-state index in [1.165, 1.54) is 0 Å². The Morgan fingerprint density at radius 2 is 1.71 bits per heavy atom. The molecule has 0 aromatic rings. The maximum absolute atomic E-state index is 11.7. The van der Waals surface area contributed by atoms with Gasteiger partial charge in [-0.1, -0.05) is 0 Å². The number of hydrogen-bond donors (Lipinski definition) is 1. The van der Waals surface area contributed by atoms with Crippen molar-refractivity contribution in [2.24, 2.45) is 0 Å². The lowest BCUT2D eigenvalue weighted by atomic mass is 10.2. The zero-order chi connectivity index (χ0) is 13.6. The second-order valence-corrected chi connectivity index (χ2v) is 4.88. The molecule has 0 aromatic heterocycles. The summed E-state index contributed by atoms with van der Waals surface area (Å²) in [5.41, 5.74) is -0.536. The Morgan fingerprint density at radius 3 is 2.06 bits per heavy atom. The number of ether oxygens (including phenoxy) is 1. The fourth-order valence-corrected chi connectivity index (χ4v) is 1.24. The number of carbonyl (C=O) groups excluding carboxylic acids is 2. The van der Waals surface area contributed by atoms with Crippen LogP contribution in [0.5, 0.6) is 0 Å². The van der Waals surface area contributed by atoms with Gasteiger partial charge in [0.05, 0.1) is 0 Å². The van der Waals surface area contributed by atoms with Crippen LogP contribution in [0, 0.1) is 0 Å². The molecule has 5 nitrogen and oxygen atoms in total. The average Bonchev–Trinajstić information content (AvgIpc) is 2.16. The molecule has 1 atom stereocenters. The molecule has 0 saturated carbocycles. The highest BCUT2D eigenvalue weighted by atomic mass is 16.6. The third kappa shape index (κ3) is 6.14. The van der Waals surface area contributed by atoms with E-state index in [9.17, 15) is 9.59 Å². The number of urea groups is 1. The number of nitrogens with one attached hydrogen (secondary N) is 1. The zero-order valence-electron chi connectivity index (χ0n) is 11.7. The fraction of sp³-hybridized carbons (Fsp3) is 0.833. The van der Waals surface area contributed by atoms with Crippen LogP contribution in [-0.4, -0.2) is 41.6 Å². The SMILES string of the molecule is CCN(CC)C(=O)NC(C)C(=O)OC(C)(C)C. The molecule has 0 aliphatic heterocycles. The Hall–Kier alpha value is -1.26. The van der Waals surface area contributed by atoms with E-state index in [0.29, 0.717) is 13.1 Å². The van der Waals surface area contributed by atoms with Crippen molar-refractivity contribution in [2.45, 2.75) is 53.2 Å². The molecule has 2 amide bonds. The van der Waals surface area contributed by atoms with E-state index >= 15 is 0 Å². The fourth-order valence-electron chi connectivity index (χ4n) is 1.24. The van der Waals surface area contributed by atoms with Crippen molar-refractivity contribution in [2.75, 3.05) is 13.1 Å². The molecule has 0 spiro atoms. The van der Waals surface area contributed by atoms with E-state index < -0.39 is 17.6 Å². The van der Waals surface area contributed by atoms with Gasteiger partial charge in [0.2, 0.25) is 0 Å². The molecule has 1 N–H and O–H groups in total. The summed E-state index contributed by atoms with van der Waals surface area (Å²) >= 11 is 0. The normalized spacial score (nSPS) is 12.8. The third-order valence-electron chi connectivity index (χ3n) is 2.15. The maximum Gasteiger partial charge on any atom is 0.328 e. The third-order valence-corrected chi connectivity index (χ3v) is 2.15. The lowest BCUT2D eigenvalue weighted by Gasteiger charge is -2.25. The highest BCUT2D eigenvalue weighted by molar-refractivity contribution is 5.83. The Kier molecular flexibility index (Phi) is 5.99. The maximum atomic E-state index is 11.7. The lowest BCUT2D eigenvalue weighted by Crippen LogP contribution is -2.48. The molecule has 0 bridgehead atoms. The van der Waals surface area contributed by atoms with Crippen LogP contribution in [0.2, 0.25) is 0 Å². The first-order valence-corrected chi connectivity index (χ1v) is 5.99. The van der Waals surface area contributed by atoms with Gasteiger partial charge in [-0.25, -0.2) is 9.59 Å². The largest absolute Gasteiger partial charge is 0.458 e. The second-order valence-electron chi connectivity index (χ2n) is 4.88. The first-order valence-electron chi connectivity index (χ1n) is 5.99. The monoisotopic (exact) mass is 244 g/mol. The van der Waals surface area contributed by atoms with Gasteiger partial charge in [-0.05, 0) is 41.5 Å². The Balaban J connectivity index is 4.30. The quantitative estimate of drug-likeness (QED) is 0.767. The number of amides is 2. The van der Waals surface area contributed by atoms with Gasteiger partial charge in [0, 0.05) is 13.1 Å². The number of esters is 1. The molecule has 0 rings (SSSR count). The number of rotatable bonds is 4. The van der Waals surface area contributed by atoms with Gasteiger partial charge in [0.15, 0.2) is 0 Å². The van der Waals surface area contributed by atoms with Crippen LogP contribution in [0.1, 0.15) is 41.5 Å². The summed E-state index contributed by atoms with van der Waals surface area (Å²) in [6.45, 7) is 12.0. The first kappa shape index (κ1) is 15.7. The molecule has 17 heavy (non-hydrogen) atoms. The van der Waals surface area contributed by atoms with Gasteiger partial charge < -0.3 is 15.0 Å².